The van der Waals surface area contributed by atoms with E-state index in [9.17, 15) is 18.0 Å². The van der Waals surface area contributed by atoms with Crippen LogP contribution in [-0.2, 0) is 19.6 Å². The Morgan fingerprint density at radius 1 is 0.781 bits per heavy atom. The summed E-state index contributed by atoms with van der Waals surface area (Å²) in [5, 5.41) is 5.52. The van der Waals surface area contributed by atoms with Crippen molar-refractivity contribution in [2.45, 2.75) is 30.8 Å². The molecule has 3 N–H and O–H groups in total. The van der Waals surface area contributed by atoms with Crippen molar-refractivity contribution in [3.05, 3.63) is 96.1 Å². The van der Waals surface area contributed by atoms with E-state index in [1.165, 1.54) is 38.1 Å². The largest absolute Gasteiger partial charge is 0.344 e. The number of sulfonamides is 1. The van der Waals surface area contributed by atoms with Crippen LogP contribution < -0.4 is 15.4 Å². The molecule has 0 spiro atoms. The second-order valence-corrected chi connectivity index (χ2v) is 9.03. The van der Waals surface area contributed by atoms with Gasteiger partial charge in [0, 0.05) is 12.6 Å². The predicted octanol–water partition coefficient (Wildman–Crippen LogP) is 3.22. The van der Waals surface area contributed by atoms with Crippen LogP contribution in [-0.4, -0.2) is 26.3 Å². The van der Waals surface area contributed by atoms with E-state index in [0.29, 0.717) is 5.69 Å². The van der Waals surface area contributed by atoms with Crippen molar-refractivity contribution < 1.29 is 18.0 Å². The lowest BCUT2D eigenvalue weighted by atomic mass is 9.98. The van der Waals surface area contributed by atoms with Gasteiger partial charge >= 0.3 is 0 Å². The SMILES string of the molecule is CC(=O)Nc1ccc(S(=O)(=O)N[C@H](C)C(=O)NC(c2ccccc2)c2ccccc2)cc1. The first-order valence-corrected chi connectivity index (χ1v) is 11.5. The summed E-state index contributed by atoms with van der Waals surface area (Å²) in [5.74, 6) is -0.712. The number of benzene rings is 3. The Morgan fingerprint density at radius 3 is 1.75 bits per heavy atom. The van der Waals surface area contributed by atoms with E-state index in [2.05, 4.69) is 15.4 Å². The van der Waals surface area contributed by atoms with Crippen LogP contribution in [0.15, 0.2) is 89.8 Å². The first kappa shape index (κ1) is 23.2. The van der Waals surface area contributed by atoms with Crippen molar-refractivity contribution in [3.63, 3.8) is 0 Å². The highest BCUT2D eigenvalue weighted by Crippen LogP contribution is 2.22. The molecule has 0 aliphatic carbocycles. The van der Waals surface area contributed by atoms with Crippen LogP contribution >= 0.6 is 0 Å². The van der Waals surface area contributed by atoms with Crippen molar-refractivity contribution in [1.82, 2.24) is 10.0 Å². The minimum Gasteiger partial charge on any atom is -0.344 e. The molecule has 0 fully saturated rings. The molecule has 1 atom stereocenters. The number of carbonyl (C=O) groups excluding carboxylic acids is 2. The number of anilines is 1. The molecule has 7 nitrogen and oxygen atoms in total. The summed E-state index contributed by atoms with van der Waals surface area (Å²) in [6.45, 7) is 2.86. The lowest BCUT2D eigenvalue weighted by molar-refractivity contribution is -0.122. The van der Waals surface area contributed by atoms with E-state index < -0.39 is 28.0 Å². The Labute approximate surface area is 187 Å². The van der Waals surface area contributed by atoms with Crippen molar-refractivity contribution >= 4 is 27.5 Å². The van der Waals surface area contributed by atoms with Crippen molar-refractivity contribution in [1.29, 1.82) is 0 Å². The van der Waals surface area contributed by atoms with E-state index in [1.807, 2.05) is 60.7 Å². The van der Waals surface area contributed by atoms with Crippen molar-refractivity contribution in [3.8, 4) is 0 Å². The van der Waals surface area contributed by atoms with Gasteiger partial charge in [-0.15, -0.1) is 0 Å². The molecule has 0 aliphatic rings. The summed E-state index contributed by atoms with van der Waals surface area (Å²) in [6.07, 6.45) is 0. The van der Waals surface area contributed by atoms with Gasteiger partial charge < -0.3 is 10.6 Å². The molecule has 8 heteroatoms. The topological polar surface area (TPSA) is 104 Å². The number of nitrogens with one attached hydrogen (secondary N) is 3. The molecule has 3 rings (SSSR count). The van der Waals surface area contributed by atoms with E-state index in [0.717, 1.165) is 11.1 Å². The Bertz CT molecular complexity index is 1130. The van der Waals surface area contributed by atoms with Crippen molar-refractivity contribution in [2.75, 3.05) is 5.32 Å². The average Bonchev–Trinajstić information content (AvgIpc) is 2.78. The maximum Gasteiger partial charge on any atom is 0.241 e. The number of amides is 2. The summed E-state index contributed by atoms with van der Waals surface area (Å²) in [5.41, 5.74) is 2.25. The number of hydrogen-bond donors (Lipinski definition) is 3. The number of rotatable bonds is 8. The highest BCUT2D eigenvalue weighted by atomic mass is 32.2. The third kappa shape index (κ3) is 6.03. The van der Waals surface area contributed by atoms with Crippen LogP contribution in [0.1, 0.15) is 31.0 Å². The lowest BCUT2D eigenvalue weighted by Gasteiger charge is -2.22. The number of hydrogen-bond acceptors (Lipinski definition) is 4. The molecule has 0 radical (unpaired) electrons. The van der Waals surface area contributed by atoms with Gasteiger partial charge in [-0.3, -0.25) is 9.59 Å². The maximum atomic E-state index is 12.9. The highest BCUT2D eigenvalue weighted by Gasteiger charge is 2.25. The van der Waals surface area contributed by atoms with Crippen molar-refractivity contribution in [2.24, 2.45) is 0 Å². The minimum absolute atomic E-state index is 0.00563. The molecule has 32 heavy (non-hydrogen) atoms. The molecule has 0 heterocycles. The van der Waals surface area contributed by atoms with E-state index in [4.69, 9.17) is 0 Å². The smallest absolute Gasteiger partial charge is 0.241 e. The van der Waals surface area contributed by atoms with Gasteiger partial charge in [0.2, 0.25) is 21.8 Å². The van der Waals surface area contributed by atoms with Gasteiger partial charge in [0.05, 0.1) is 17.0 Å². The van der Waals surface area contributed by atoms with Gasteiger partial charge in [0.25, 0.3) is 0 Å². The highest BCUT2D eigenvalue weighted by molar-refractivity contribution is 7.89. The van der Waals surface area contributed by atoms with E-state index in [-0.39, 0.29) is 10.8 Å². The fraction of sp³-hybridized carbons (Fsp3) is 0.167. The molecule has 0 unspecified atom stereocenters. The molecule has 0 saturated carbocycles. The maximum absolute atomic E-state index is 12.9. The molecule has 3 aromatic carbocycles. The van der Waals surface area contributed by atoms with E-state index >= 15 is 0 Å². The molecule has 166 valence electrons. The summed E-state index contributed by atoms with van der Waals surface area (Å²) in [6, 6.07) is 23.2. The second kappa shape index (κ2) is 10.2. The van der Waals surface area contributed by atoms with Gasteiger partial charge in [-0.25, -0.2) is 8.42 Å². The molecule has 0 aromatic heterocycles. The van der Waals surface area contributed by atoms with Gasteiger partial charge in [-0.1, -0.05) is 60.7 Å². The predicted molar refractivity (Wildman–Crippen MR) is 123 cm³/mol. The first-order chi connectivity index (χ1) is 15.3. The summed E-state index contributed by atoms with van der Waals surface area (Å²) < 4.78 is 27.9. The van der Waals surface area contributed by atoms with Crippen LogP contribution in [0.2, 0.25) is 0 Å². The zero-order valence-corrected chi connectivity index (χ0v) is 18.6. The zero-order valence-electron chi connectivity index (χ0n) is 17.8. The zero-order chi connectivity index (χ0) is 23.1. The summed E-state index contributed by atoms with van der Waals surface area (Å²) in [7, 11) is -3.94. The monoisotopic (exact) mass is 451 g/mol. The molecular weight excluding hydrogens is 426 g/mol. The summed E-state index contributed by atoms with van der Waals surface area (Å²) in [4.78, 5) is 24.0. The molecule has 3 aromatic rings. The quantitative estimate of drug-likeness (QED) is 0.489. The standard InChI is InChI=1S/C24H25N3O4S/c1-17(27-32(30,31)22-15-13-21(14-16-22)25-18(2)28)24(29)26-23(19-9-5-3-6-10-19)20-11-7-4-8-12-20/h3-17,23,27H,1-2H3,(H,25,28)(H,26,29)/t17-/m1/s1. The lowest BCUT2D eigenvalue weighted by Crippen LogP contribution is -2.46. The minimum atomic E-state index is -3.94. The summed E-state index contributed by atoms with van der Waals surface area (Å²) >= 11 is 0. The Balaban J connectivity index is 1.74. The fourth-order valence-corrected chi connectivity index (χ4v) is 4.40. The third-order valence-corrected chi connectivity index (χ3v) is 6.32. The molecular formula is C24H25N3O4S. The normalized spacial score (nSPS) is 12.2. The first-order valence-electron chi connectivity index (χ1n) is 10.1. The van der Waals surface area contributed by atoms with Gasteiger partial charge in [0.15, 0.2) is 0 Å². The van der Waals surface area contributed by atoms with Crippen LogP contribution in [0.25, 0.3) is 0 Å². The van der Waals surface area contributed by atoms with Gasteiger partial charge in [0.1, 0.15) is 0 Å². The van der Waals surface area contributed by atoms with Crippen LogP contribution in [0.4, 0.5) is 5.69 Å². The Hall–Kier alpha value is -3.49. The van der Waals surface area contributed by atoms with Crippen LogP contribution in [0.3, 0.4) is 0 Å². The Kier molecular flexibility index (Phi) is 7.40. The van der Waals surface area contributed by atoms with Gasteiger partial charge in [-0.05, 0) is 42.3 Å². The third-order valence-electron chi connectivity index (χ3n) is 4.76. The van der Waals surface area contributed by atoms with Gasteiger partial charge in [-0.2, -0.15) is 4.72 Å². The molecule has 0 bridgehead atoms. The van der Waals surface area contributed by atoms with E-state index in [1.54, 1.807) is 0 Å². The number of carbonyl (C=O) groups is 2. The molecule has 0 saturated heterocycles. The molecule has 0 aliphatic heterocycles. The molecule has 2 amide bonds. The Morgan fingerprint density at radius 2 is 1.28 bits per heavy atom. The van der Waals surface area contributed by atoms with Crippen LogP contribution in [0.5, 0.6) is 0 Å². The van der Waals surface area contributed by atoms with Crippen LogP contribution in [0, 0.1) is 0 Å². The second-order valence-electron chi connectivity index (χ2n) is 7.31. The fourth-order valence-electron chi connectivity index (χ4n) is 3.19. The average molecular weight is 452 g/mol.